The minimum Gasteiger partial charge on any atom is -0.311 e. The summed E-state index contributed by atoms with van der Waals surface area (Å²) in [5.41, 5.74) is 4.08. The second-order valence-corrected chi connectivity index (χ2v) is 8.17. The Morgan fingerprint density at radius 1 is 0.963 bits per heavy atom. The van der Waals surface area contributed by atoms with Crippen LogP contribution in [0.2, 0.25) is 0 Å². The summed E-state index contributed by atoms with van der Waals surface area (Å²) in [4.78, 5) is 0.285. The van der Waals surface area contributed by atoms with Crippen molar-refractivity contribution < 1.29 is 8.42 Å². The molecular formula is C20H24N4O2S. The second kappa shape index (κ2) is 8.47. The summed E-state index contributed by atoms with van der Waals surface area (Å²) >= 11 is 0. The third kappa shape index (κ3) is 5.03. The molecule has 0 unspecified atom stereocenters. The first kappa shape index (κ1) is 19.3. The lowest BCUT2D eigenvalue weighted by atomic mass is 10.2. The molecule has 1 heterocycles. The number of hydrogen-bond acceptors (Lipinski definition) is 4. The van der Waals surface area contributed by atoms with Gasteiger partial charge in [0.05, 0.1) is 16.3 Å². The topological polar surface area (TPSA) is 76.0 Å². The average molecular weight is 385 g/mol. The summed E-state index contributed by atoms with van der Waals surface area (Å²) in [6.45, 7) is 5.38. The Labute approximate surface area is 160 Å². The molecule has 1 aromatic heterocycles. The molecular weight excluding hydrogens is 360 g/mol. The first-order chi connectivity index (χ1) is 13.0. The molecule has 0 fully saturated rings. The van der Waals surface area contributed by atoms with E-state index in [0.29, 0.717) is 19.6 Å². The van der Waals surface area contributed by atoms with Gasteiger partial charge in [0, 0.05) is 31.4 Å². The van der Waals surface area contributed by atoms with Gasteiger partial charge in [-0.2, -0.15) is 5.10 Å². The summed E-state index contributed by atoms with van der Waals surface area (Å²) < 4.78 is 28.9. The van der Waals surface area contributed by atoms with Crippen LogP contribution in [0.5, 0.6) is 0 Å². The number of benzene rings is 2. The lowest BCUT2D eigenvalue weighted by Crippen LogP contribution is -2.31. The van der Waals surface area contributed by atoms with Crippen LogP contribution in [0.4, 0.5) is 0 Å². The highest BCUT2D eigenvalue weighted by Crippen LogP contribution is 2.12. The highest BCUT2D eigenvalue weighted by Gasteiger charge is 2.12. The van der Waals surface area contributed by atoms with Crippen LogP contribution in [0.15, 0.2) is 65.7 Å². The zero-order valence-corrected chi connectivity index (χ0v) is 16.3. The maximum Gasteiger partial charge on any atom is 0.240 e. The van der Waals surface area contributed by atoms with E-state index < -0.39 is 10.0 Å². The van der Waals surface area contributed by atoms with Crippen molar-refractivity contribution in [2.45, 2.75) is 25.3 Å². The molecule has 0 atom stereocenters. The molecule has 27 heavy (non-hydrogen) atoms. The molecule has 7 heteroatoms. The Morgan fingerprint density at radius 2 is 1.67 bits per heavy atom. The van der Waals surface area contributed by atoms with Gasteiger partial charge in [-0.3, -0.25) is 0 Å². The third-order valence-electron chi connectivity index (χ3n) is 4.26. The lowest BCUT2D eigenvalue weighted by Gasteiger charge is -2.08. The van der Waals surface area contributed by atoms with Crippen LogP contribution in [-0.2, 0) is 16.6 Å². The standard InChI is InChI=1S/C20H24N4O2S/c1-16-8-10-20(11-9-16)27(25,26)22-13-12-21-14-18-15-24(23-17(18)2)19-6-4-3-5-7-19/h3-11,15,21-22H,12-14H2,1-2H3. The number of nitrogens with one attached hydrogen (secondary N) is 2. The van der Waals surface area contributed by atoms with Crippen molar-refractivity contribution in [3.05, 3.63) is 77.6 Å². The Morgan fingerprint density at radius 3 is 2.37 bits per heavy atom. The van der Waals surface area contributed by atoms with Gasteiger partial charge in [-0.15, -0.1) is 0 Å². The van der Waals surface area contributed by atoms with Crippen LogP contribution in [0, 0.1) is 13.8 Å². The zero-order valence-electron chi connectivity index (χ0n) is 15.5. The van der Waals surface area contributed by atoms with Crippen LogP contribution >= 0.6 is 0 Å². The number of para-hydroxylation sites is 1. The monoisotopic (exact) mass is 384 g/mol. The van der Waals surface area contributed by atoms with Gasteiger partial charge in [-0.05, 0) is 38.1 Å². The van der Waals surface area contributed by atoms with E-state index in [0.717, 1.165) is 22.5 Å². The van der Waals surface area contributed by atoms with Crippen LogP contribution in [0.25, 0.3) is 5.69 Å². The molecule has 0 bridgehead atoms. The minimum absolute atomic E-state index is 0.285. The van der Waals surface area contributed by atoms with Gasteiger partial charge in [-0.25, -0.2) is 17.8 Å². The number of nitrogens with zero attached hydrogens (tertiary/aromatic N) is 2. The quantitative estimate of drug-likeness (QED) is 0.585. The Bertz CT molecular complexity index is 981. The van der Waals surface area contributed by atoms with Crippen molar-refractivity contribution in [3.63, 3.8) is 0 Å². The van der Waals surface area contributed by atoms with Gasteiger partial charge in [0.15, 0.2) is 0 Å². The van der Waals surface area contributed by atoms with Gasteiger partial charge in [0.1, 0.15) is 0 Å². The Hall–Kier alpha value is -2.48. The molecule has 0 saturated carbocycles. The summed E-state index contributed by atoms with van der Waals surface area (Å²) in [6, 6.07) is 16.8. The van der Waals surface area contributed by atoms with E-state index in [1.807, 2.05) is 55.1 Å². The van der Waals surface area contributed by atoms with Gasteiger partial charge in [0.25, 0.3) is 0 Å². The summed E-state index contributed by atoms with van der Waals surface area (Å²) in [6.07, 6.45) is 1.99. The largest absolute Gasteiger partial charge is 0.311 e. The van der Waals surface area contributed by atoms with Crippen molar-refractivity contribution in [1.29, 1.82) is 0 Å². The van der Waals surface area contributed by atoms with E-state index in [2.05, 4.69) is 15.1 Å². The predicted molar refractivity (Wildman–Crippen MR) is 106 cm³/mol. The number of aromatic nitrogens is 2. The molecule has 0 aliphatic rings. The van der Waals surface area contributed by atoms with Crippen molar-refractivity contribution in [3.8, 4) is 5.69 Å². The second-order valence-electron chi connectivity index (χ2n) is 6.41. The fraction of sp³-hybridized carbons (Fsp3) is 0.250. The zero-order chi connectivity index (χ0) is 19.3. The molecule has 0 aliphatic carbocycles. The molecule has 0 saturated heterocycles. The summed E-state index contributed by atoms with van der Waals surface area (Å²) in [5, 5.41) is 7.79. The maximum absolute atomic E-state index is 12.2. The molecule has 3 rings (SSSR count). The number of rotatable bonds is 8. The normalized spacial score (nSPS) is 11.6. The number of sulfonamides is 1. The van der Waals surface area contributed by atoms with Crippen molar-refractivity contribution in [1.82, 2.24) is 19.8 Å². The lowest BCUT2D eigenvalue weighted by molar-refractivity contribution is 0.575. The molecule has 0 spiro atoms. The molecule has 0 amide bonds. The first-order valence-corrected chi connectivity index (χ1v) is 10.3. The highest BCUT2D eigenvalue weighted by molar-refractivity contribution is 7.89. The van der Waals surface area contributed by atoms with Crippen LogP contribution in [0.1, 0.15) is 16.8 Å². The van der Waals surface area contributed by atoms with Crippen molar-refractivity contribution >= 4 is 10.0 Å². The average Bonchev–Trinajstić information content (AvgIpc) is 3.03. The fourth-order valence-corrected chi connectivity index (χ4v) is 3.71. The molecule has 142 valence electrons. The van der Waals surface area contributed by atoms with Crippen molar-refractivity contribution in [2.24, 2.45) is 0 Å². The van der Waals surface area contributed by atoms with E-state index >= 15 is 0 Å². The van der Waals surface area contributed by atoms with Gasteiger partial charge in [0.2, 0.25) is 10.0 Å². The minimum atomic E-state index is -3.47. The first-order valence-electron chi connectivity index (χ1n) is 8.83. The van der Waals surface area contributed by atoms with Crippen LogP contribution in [0.3, 0.4) is 0 Å². The van der Waals surface area contributed by atoms with Gasteiger partial charge >= 0.3 is 0 Å². The maximum atomic E-state index is 12.2. The molecule has 3 aromatic rings. The summed E-state index contributed by atoms with van der Waals surface area (Å²) in [7, 11) is -3.47. The van der Waals surface area contributed by atoms with E-state index in [1.165, 1.54) is 0 Å². The Kier molecular flexibility index (Phi) is 6.05. The van der Waals surface area contributed by atoms with Crippen LogP contribution < -0.4 is 10.0 Å². The van der Waals surface area contributed by atoms with E-state index in [-0.39, 0.29) is 4.90 Å². The van der Waals surface area contributed by atoms with Crippen molar-refractivity contribution in [2.75, 3.05) is 13.1 Å². The highest BCUT2D eigenvalue weighted by atomic mass is 32.2. The molecule has 6 nitrogen and oxygen atoms in total. The van der Waals surface area contributed by atoms with Crippen LogP contribution in [-0.4, -0.2) is 31.3 Å². The number of aryl methyl sites for hydroxylation is 2. The smallest absolute Gasteiger partial charge is 0.240 e. The molecule has 0 radical (unpaired) electrons. The molecule has 2 aromatic carbocycles. The van der Waals surface area contributed by atoms with E-state index in [4.69, 9.17) is 0 Å². The number of hydrogen-bond donors (Lipinski definition) is 2. The molecule has 2 N–H and O–H groups in total. The predicted octanol–water partition coefficient (Wildman–Crippen LogP) is 2.56. The summed E-state index contributed by atoms with van der Waals surface area (Å²) in [5.74, 6) is 0. The fourth-order valence-electron chi connectivity index (χ4n) is 2.68. The van der Waals surface area contributed by atoms with E-state index in [9.17, 15) is 8.42 Å². The third-order valence-corrected chi connectivity index (χ3v) is 5.74. The SMILES string of the molecule is Cc1ccc(S(=O)(=O)NCCNCc2cn(-c3ccccc3)nc2C)cc1. The van der Waals surface area contributed by atoms with Gasteiger partial charge in [-0.1, -0.05) is 35.9 Å². The molecule has 0 aliphatic heterocycles. The van der Waals surface area contributed by atoms with E-state index in [1.54, 1.807) is 24.3 Å². The van der Waals surface area contributed by atoms with Gasteiger partial charge < -0.3 is 5.32 Å². The Balaban J connectivity index is 1.49.